The van der Waals surface area contributed by atoms with E-state index in [2.05, 4.69) is 15.8 Å². The minimum Gasteiger partial charge on any atom is -0.393 e. The average Bonchev–Trinajstić information content (AvgIpc) is 2.46. The number of rotatable bonds is 4. The summed E-state index contributed by atoms with van der Waals surface area (Å²) in [6.45, 7) is 4.22. The van der Waals surface area contributed by atoms with Crippen LogP contribution in [0.15, 0.2) is 0 Å². The van der Waals surface area contributed by atoms with Gasteiger partial charge in [-0.3, -0.25) is 0 Å². The van der Waals surface area contributed by atoms with Crippen molar-refractivity contribution in [3.8, 4) is 6.07 Å². The molecular formula is C9H13N3OS. The van der Waals surface area contributed by atoms with Gasteiger partial charge < -0.3 is 10.4 Å². The van der Waals surface area contributed by atoms with Crippen LogP contribution in [0.5, 0.6) is 0 Å². The average molecular weight is 211 g/mol. The number of hydrogen-bond acceptors (Lipinski definition) is 5. The van der Waals surface area contributed by atoms with Gasteiger partial charge in [0.25, 0.3) is 0 Å². The van der Waals surface area contributed by atoms with Gasteiger partial charge in [0, 0.05) is 6.54 Å². The van der Waals surface area contributed by atoms with Crippen molar-refractivity contribution in [3.63, 3.8) is 0 Å². The van der Waals surface area contributed by atoms with E-state index in [-0.39, 0.29) is 6.10 Å². The van der Waals surface area contributed by atoms with Crippen LogP contribution in [0.25, 0.3) is 0 Å². The molecule has 2 N–H and O–H groups in total. The maximum absolute atomic E-state index is 9.04. The number of aliphatic hydroxyl groups is 1. The van der Waals surface area contributed by atoms with Crippen molar-refractivity contribution in [2.75, 3.05) is 11.9 Å². The molecule has 0 aliphatic rings. The molecule has 1 heterocycles. The lowest BCUT2D eigenvalue weighted by atomic mass is 10.2. The summed E-state index contributed by atoms with van der Waals surface area (Å²) in [6.07, 6.45) is 0.351. The molecular weight excluding hydrogens is 198 g/mol. The highest BCUT2D eigenvalue weighted by Crippen LogP contribution is 2.23. The molecule has 0 aliphatic carbocycles. The molecule has 0 bridgehead atoms. The molecule has 4 nitrogen and oxygen atoms in total. The molecule has 0 saturated heterocycles. The molecule has 0 aromatic carbocycles. The summed E-state index contributed by atoms with van der Waals surface area (Å²) in [6, 6.07) is 2.10. The Morgan fingerprint density at radius 2 is 2.43 bits per heavy atom. The molecule has 1 rings (SSSR count). The second-order valence-electron chi connectivity index (χ2n) is 3.15. The van der Waals surface area contributed by atoms with Gasteiger partial charge in [-0.15, -0.1) is 0 Å². The molecule has 5 heteroatoms. The Balaban J connectivity index is 2.55. The molecule has 76 valence electrons. The fraction of sp³-hybridized carbons (Fsp3) is 0.556. The molecule has 0 saturated carbocycles. The normalized spacial score (nSPS) is 12.1. The molecule has 0 spiro atoms. The number of nitrogens with zero attached hydrogens (tertiary/aromatic N) is 2. The summed E-state index contributed by atoms with van der Waals surface area (Å²) in [7, 11) is 0. The first-order valence-corrected chi connectivity index (χ1v) is 5.20. The molecule has 0 radical (unpaired) electrons. The van der Waals surface area contributed by atoms with E-state index in [1.54, 1.807) is 6.92 Å². The van der Waals surface area contributed by atoms with Gasteiger partial charge in [-0.2, -0.15) is 9.64 Å². The van der Waals surface area contributed by atoms with Gasteiger partial charge in [0.2, 0.25) is 0 Å². The van der Waals surface area contributed by atoms with Crippen LogP contribution in [-0.2, 0) is 0 Å². The maximum atomic E-state index is 9.04. The number of aliphatic hydroxyl groups excluding tert-OH is 1. The van der Waals surface area contributed by atoms with Crippen LogP contribution >= 0.6 is 11.5 Å². The molecule has 0 fully saturated rings. The lowest BCUT2D eigenvalue weighted by Gasteiger charge is -2.05. The van der Waals surface area contributed by atoms with Crippen molar-refractivity contribution in [2.45, 2.75) is 26.4 Å². The number of aromatic nitrogens is 1. The van der Waals surface area contributed by atoms with Gasteiger partial charge in [-0.1, -0.05) is 0 Å². The Hall–Kier alpha value is -1.12. The molecule has 14 heavy (non-hydrogen) atoms. The molecule has 1 atom stereocenters. The van der Waals surface area contributed by atoms with E-state index in [0.717, 1.165) is 10.7 Å². The summed E-state index contributed by atoms with van der Waals surface area (Å²) < 4.78 is 4.08. The van der Waals surface area contributed by atoms with Crippen molar-refractivity contribution in [1.82, 2.24) is 4.37 Å². The van der Waals surface area contributed by atoms with Crippen LogP contribution in [-0.4, -0.2) is 22.1 Å². The SMILES string of the molecule is Cc1nsc(NCC[C@H](C)O)c1C#N. The fourth-order valence-corrected chi connectivity index (χ4v) is 1.79. The van der Waals surface area contributed by atoms with Gasteiger partial charge in [0.15, 0.2) is 0 Å². The van der Waals surface area contributed by atoms with Gasteiger partial charge >= 0.3 is 0 Å². The highest BCUT2D eigenvalue weighted by molar-refractivity contribution is 7.10. The first kappa shape index (κ1) is 11.0. The monoisotopic (exact) mass is 211 g/mol. The quantitative estimate of drug-likeness (QED) is 0.792. The summed E-state index contributed by atoms with van der Waals surface area (Å²) >= 11 is 1.29. The third-order valence-electron chi connectivity index (χ3n) is 1.82. The molecule has 1 aromatic rings. The molecule has 0 aliphatic heterocycles. The predicted octanol–water partition coefficient (Wildman–Crippen LogP) is 1.51. The first-order valence-electron chi connectivity index (χ1n) is 4.43. The van der Waals surface area contributed by atoms with E-state index >= 15 is 0 Å². The van der Waals surface area contributed by atoms with E-state index in [1.807, 2.05) is 6.92 Å². The van der Waals surface area contributed by atoms with Crippen molar-refractivity contribution in [3.05, 3.63) is 11.3 Å². The van der Waals surface area contributed by atoms with Crippen LogP contribution in [0.1, 0.15) is 24.6 Å². The van der Waals surface area contributed by atoms with Gasteiger partial charge in [0.05, 0.1) is 11.8 Å². The highest BCUT2D eigenvalue weighted by Gasteiger charge is 2.09. The highest BCUT2D eigenvalue weighted by atomic mass is 32.1. The Morgan fingerprint density at radius 3 is 3.00 bits per heavy atom. The van der Waals surface area contributed by atoms with Gasteiger partial charge in [-0.25, -0.2) is 0 Å². The molecule has 0 amide bonds. The number of nitriles is 1. The van der Waals surface area contributed by atoms with Gasteiger partial charge in [0.1, 0.15) is 16.6 Å². The van der Waals surface area contributed by atoms with E-state index in [9.17, 15) is 0 Å². The summed E-state index contributed by atoms with van der Waals surface area (Å²) in [5.74, 6) is 0. The van der Waals surface area contributed by atoms with Crippen LogP contribution in [0.4, 0.5) is 5.00 Å². The fourth-order valence-electron chi connectivity index (χ4n) is 1.02. The van der Waals surface area contributed by atoms with E-state index in [1.165, 1.54) is 11.5 Å². The summed E-state index contributed by atoms with van der Waals surface area (Å²) in [5, 5.41) is 21.8. The molecule has 1 aromatic heterocycles. The zero-order valence-electron chi connectivity index (χ0n) is 8.24. The van der Waals surface area contributed by atoms with E-state index in [0.29, 0.717) is 18.5 Å². The van der Waals surface area contributed by atoms with Crippen molar-refractivity contribution in [2.24, 2.45) is 0 Å². The third kappa shape index (κ3) is 2.69. The largest absolute Gasteiger partial charge is 0.393 e. The van der Waals surface area contributed by atoms with Gasteiger partial charge in [-0.05, 0) is 31.8 Å². The summed E-state index contributed by atoms with van der Waals surface area (Å²) in [5.41, 5.74) is 1.37. The second kappa shape index (κ2) is 4.94. The Kier molecular flexibility index (Phi) is 3.86. The molecule has 0 unspecified atom stereocenters. The van der Waals surface area contributed by atoms with Crippen LogP contribution in [0, 0.1) is 18.3 Å². The Morgan fingerprint density at radius 1 is 1.71 bits per heavy atom. The zero-order chi connectivity index (χ0) is 10.6. The lowest BCUT2D eigenvalue weighted by molar-refractivity contribution is 0.189. The minimum absolute atomic E-state index is 0.318. The number of hydrogen-bond donors (Lipinski definition) is 2. The third-order valence-corrected chi connectivity index (χ3v) is 2.72. The van der Waals surface area contributed by atoms with Crippen molar-refractivity contribution in [1.29, 1.82) is 5.26 Å². The van der Waals surface area contributed by atoms with Crippen LogP contribution in [0.2, 0.25) is 0 Å². The number of anilines is 1. The Labute approximate surface area is 87.4 Å². The number of nitrogens with one attached hydrogen (secondary N) is 1. The zero-order valence-corrected chi connectivity index (χ0v) is 9.06. The maximum Gasteiger partial charge on any atom is 0.127 e. The smallest absolute Gasteiger partial charge is 0.127 e. The Bertz CT molecular complexity index is 340. The summed E-state index contributed by atoms with van der Waals surface area (Å²) in [4.78, 5) is 0. The topological polar surface area (TPSA) is 68.9 Å². The minimum atomic E-state index is -0.318. The lowest BCUT2D eigenvalue weighted by Crippen LogP contribution is -2.09. The standard InChI is InChI=1S/C9H13N3OS/c1-6(13)3-4-11-9-8(5-10)7(2)12-14-9/h6,11,13H,3-4H2,1-2H3/t6-/m0/s1. The van der Waals surface area contributed by atoms with Crippen LogP contribution < -0.4 is 5.32 Å². The van der Waals surface area contributed by atoms with Crippen molar-refractivity contribution < 1.29 is 5.11 Å². The van der Waals surface area contributed by atoms with E-state index < -0.39 is 0 Å². The van der Waals surface area contributed by atoms with Crippen molar-refractivity contribution >= 4 is 16.5 Å². The van der Waals surface area contributed by atoms with Crippen LogP contribution in [0.3, 0.4) is 0 Å². The van der Waals surface area contributed by atoms with E-state index in [4.69, 9.17) is 10.4 Å². The predicted molar refractivity (Wildman–Crippen MR) is 56.4 cm³/mol. The second-order valence-corrected chi connectivity index (χ2v) is 3.92. The number of aryl methyl sites for hydroxylation is 1. The first-order chi connectivity index (χ1) is 6.65.